The SMILES string of the molecule is O=C(Cn1c2c(c(=O)n3nc(C4=CCOCC4)nc13)C1(CCN(C(=O)c3cc(F)cc(F)c3O)CC1)OCC2)Nc1ccc(C(F)(F)F)nc1Cl. The summed E-state index contributed by atoms with van der Waals surface area (Å²) in [6.45, 7) is 0.299. The number of phenols is 1. The van der Waals surface area contributed by atoms with Gasteiger partial charge < -0.3 is 29.4 Å². The summed E-state index contributed by atoms with van der Waals surface area (Å²) in [5.74, 6) is -4.58. The number of likely N-dealkylation sites (tertiary alicyclic amines) is 1. The van der Waals surface area contributed by atoms with E-state index in [1.54, 1.807) is 6.08 Å². The number of amides is 2. The molecule has 1 aromatic carbocycles. The van der Waals surface area contributed by atoms with E-state index >= 15 is 0 Å². The number of hydrogen-bond acceptors (Lipinski definition) is 9. The summed E-state index contributed by atoms with van der Waals surface area (Å²) in [6.07, 6.45) is -2.22. The molecule has 3 aromatic heterocycles. The Bertz CT molecular complexity index is 2180. The molecule has 1 spiro atoms. The first-order valence-electron chi connectivity index (χ1n) is 15.7. The van der Waals surface area contributed by atoms with E-state index in [9.17, 15) is 41.4 Å². The van der Waals surface area contributed by atoms with Gasteiger partial charge in [-0.3, -0.25) is 14.4 Å². The number of aromatic hydroxyl groups is 1. The molecule has 0 atom stereocenters. The predicted octanol–water partition coefficient (Wildman–Crippen LogP) is 4.09. The molecule has 4 aromatic rings. The Hall–Kier alpha value is -4.94. The molecule has 51 heavy (non-hydrogen) atoms. The molecule has 13 nitrogen and oxygen atoms in total. The fraction of sp³-hybridized carbons (Fsp3) is 0.375. The molecule has 3 aliphatic rings. The van der Waals surface area contributed by atoms with Crippen LogP contribution >= 0.6 is 11.6 Å². The van der Waals surface area contributed by atoms with E-state index in [4.69, 9.17) is 21.1 Å². The minimum atomic E-state index is -4.75. The Labute approximate surface area is 289 Å². The molecule has 3 aliphatic heterocycles. The Morgan fingerprint density at radius 2 is 1.84 bits per heavy atom. The minimum absolute atomic E-state index is 0.0251. The average Bonchev–Trinajstić information content (AvgIpc) is 3.55. The summed E-state index contributed by atoms with van der Waals surface area (Å²) in [5.41, 5.74) is -2.51. The van der Waals surface area contributed by atoms with Crippen LogP contribution in [-0.2, 0) is 39.0 Å². The molecule has 0 aliphatic carbocycles. The second-order valence-corrected chi connectivity index (χ2v) is 12.5. The van der Waals surface area contributed by atoms with E-state index in [1.165, 1.54) is 9.47 Å². The highest BCUT2D eigenvalue weighted by molar-refractivity contribution is 6.32. The molecule has 268 valence electrons. The number of pyridine rings is 1. The van der Waals surface area contributed by atoms with Gasteiger partial charge in [-0.1, -0.05) is 17.7 Å². The molecule has 1 fully saturated rings. The van der Waals surface area contributed by atoms with Crippen LogP contribution < -0.4 is 10.9 Å². The van der Waals surface area contributed by atoms with Crippen molar-refractivity contribution in [3.63, 3.8) is 0 Å². The van der Waals surface area contributed by atoms with Gasteiger partial charge >= 0.3 is 6.18 Å². The van der Waals surface area contributed by atoms with Crippen molar-refractivity contribution in [2.75, 3.05) is 38.2 Å². The van der Waals surface area contributed by atoms with Crippen molar-refractivity contribution in [2.45, 2.75) is 44.0 Å². The standard InChI is InChI=1S/C32H27ClF5N7O6/c33-26-20(1-2-22(40-26)32(36,37)38)39-23(46)15-44-21-5-12-51-31(6-8-43(9-7-31)28(48)18-13-17(34)14-19(35)25(18)47)24(21)29(49)45-30(44)41-27(42-45)16-3-10-50-11-4-16/h1-3,13-14,47H,4-12,15H2,(H,39,46). The quantitative estimate of drug-likeness (QED) is 0.228. The van der Waals surface area contributed by atoms with Gasteiger partial charge in [0.15, 0.2) is 22.5 Å². The number of nitrogens with one attached hydrogen (secondary N) is 1. The lowest BCUT2D eigenvalue weighted by atomic mass is 9.81. The number of piperidine rings is 1. The molecule has 0 radical (unpaired) electrons. The lowest BCUT2D eigenvalue weighted by Gasteiger charge is -2.44. The van der Waals surface area contributed by atoms with Crippen molar-refractivity contribution in [1.29, 1.82) is 0 Å². The van der Waals surface area contributed by atoms with E-state index in [0.29, 0.717) is 37.5 Å². The van der Waals surface area contributed by atoms with Gasteiger partial charge in [0.05, 0.1) is 36.6 Å². The van der Waals surface area contributed by atoms with Crippen LogP contribution in [0.5, 0.6) is 5.75 Å². The highest BCUT2D eigenvalue weighted by atomic mass is 35.5. The molecule has 19 heteroatoms. The number of fused-ring (bicyclic) bond motifs is 3. The van der Waals surface area contributed by atoms with Crippen LogP contribution in [-0.4, -0.2) is 78.9 Å². The van der Waals surface area contributed by atoms with Crippen LogP contribution in [0, 0.1) is 11.6 Å². The molecule has 6 heterocycles. The number of aromatic nitrogens is 5. The predicted molar refractivity (Wildman–Crippen MR) is 168 cm³/mol. The number of halogens is 6. The fourth-order valence-electron chi connectivity index (χ4n) is 6.65. The number of benzene rings is 1. The van der Waals surface area contributed by atoms with Gasteiger partial charge in [-0.05, 0) is 43.0 Å². The van der Waals surface area contributed by atoms with Gasteiger partial charge in [0.1, 0.15) is 23.7 Å². The smallest absolute Gasteiger partial charge is 0.433 e. The minimum Gasteiger partial charge on any atom is -0.504 e. The number of rotatable bonds is 5. The van der Waals surface area contributed by atoms with Crippen LogP contribution in [0.1, 0.15) is 52.4 Å². The highest BCUT2D eigenvalue weighted by Crippen LogP contribution is 2.41. The third-order valence-electron chi connectivity index (χ3n) is 9.11. The Morgan fingerprint density at radius 3 is 2.53 bits per heavy atom. The average molecular weight is 736 g/mol. The number of anilines is 1. The lowest BCUT2D eigenvalue weighted by Crippen LogP contribution is -2.52. The Morgan fingerprint density at radius 1 is 1.08 bits per heavy atom. The van der Waals surface area contributed by atoms with Crippen LogP contribution in [0.25, 0.3) is 11.4 Å². The first-order valence-corrected chi connectivity index (χ1v) is 16.1. The van der Waals surface area contributed by atoms with Crippen molar-refractivity contribution in [3.05, 3.63) is 85.8 Å². The second kappa shape index (κ2) is 13.0. The van der Waals surface area contributed by atoms with Crippen LogP contribution in [0.3, 0.4) is 0 Å². The van der Waals surface area contributed by atoms with Gasteiger partial charge in [-0.2, -0.15) is 22.7 Å². The molecule has 0 saturated carbocycles. The molecular formula is C32H27ClF5N7O6. The van der Waals surface area contributed by atoms with Crippen molar-refractivity contribution in [3.8, 4) is 5.75 Å². The summed E-state index contributed by atoms with van der Waals surface area (Å²) in [7, 11) is 0. The number of ether oxygens (including phenoxy) is 2. The third kappa shape index (κ3) is 6.31. The molecule has 2 N–H and O–H groups in total. The van der Waals surface area contributed by atoms with Gasteiger partial charge in [0, 0.05) is 31.3 Å². The van der Waals surface area contributed by atoms with E-state index in [0.717, 1.165) is 22.2 Å². The third-order valence-corrected chi connectivity index (χ3v) is 9.40. The number of phenolic OH excluding ortho intramolecular Hbond substituents is 1. The van der Waals surface area contributed by atoms with E-state index in [1.807, 2.05) is 0 Å². The zero-order valence-corrected chi connectivity index (χ0v) is 27.2. The van der Waals surface area contributed by atoms with E-state index in [2.05, 4.69) is 20.4 Å². The summed E-state index contributed by atoms with van der Waals surface area (Å²) >= 11 is 5.99. The summed E-state index contributed by atoms with van der Waals surface area (Å²) in [5, 5.41) is 16.5. The summed E-state index contributed by atoms with van der Waals surface area (Å²) < 4.78 is 81.5. The molecule has 0 unspecified atom stereocenters. The van der Waals surface area contributed by atoms with E-state index in [-0.39, 0.29) is 61.8 Å². The monoisotopic (exact) mass is 735 g/mol. The van der Waals surface area contributed by atoms with Crippen molar-refractivity contribution >= 4 is 40.5 Å². The maximum absolute atomic E-state index is 14.3. The number of hydrogen-bond donors (Lipinski definition) is 2. The van der Waals surface area contributed by atoms with E-state index < -0.39 is 69.5 Å². The lowest BCUT2D eigenvalue weighted by molar-refractivity contribution is -0.141. The number of carbonyl (C=O) groups is 2. The summed E-state index contributed by atoms with van der Waals surface area (Å²) in [4.78, 5) is 50.2. The maximum atomic E-state index is 14.3. The van der Waals surface area contributed by atoms with Crippen LogP contribution in [0.15, 0.2) is 35.1 Å². The zero-order valence-electron chi connectivity index (χ0n) is 26.4. The maximum Gasteiger partial charge on any atom is 0.433 e. The highest BCUT2D eigenvalue weighted by Gasteiger charge is 2.46. The molecule has 2 amide bonds. The van der Waals surface area contributed by atoms with Gasteiger partial charge in [-0.15, -0.1) is 5.10 Å². The Kier molecular flexibility index (Phi) is 8.79. The summed E-state index contributed by atoms with van der Waals surface area (Å²) in [6, 6.07) is 2.86. The van der Waals surface area contributed by atoms with Gasteiger partial charge in [-0.25, -0.2) is 13.8 Å². The molecule has 0 bridgehead atoms. The van der Waals surface area contributed by atoms with Crippen molar-refractivity contribution in [1.82, 2.24) is 29.0 Å². The Balaban J connectivity index is 1.25. The number of carbonyl (C=O) groups excluding carboxylic acids is 2. The normalized spacial score (nSPS) is 17.4. The largest absolute Gasteiger partial charge is 0.504 e. The van der Waals surface area contributed by atoms with Gasteiger partial charge in [0.25, 0.3) is 11.5 Å². The fourth-order valence-corrected chi connectivity index (χ4v) is 6.85. The number of nitrogens with zero attached hydrogens (tertiary/aromatic N) is 6. The molecule has 1 saturated heterocycles. The van der Waals surface area contributed by atoms with Gasteiger partial charge in [0.2, 0.25) is 11.7 Å². The zero-order chi connectivity index (χ0) is 36.2. The molecule has 7 rings (SSSR count). The number of alkyl halides is 3. The molecular weight excluding hydrogens is 709 g/mol. The van der Waals surface area contributed by atoms with Crippen molar-refractivity contribution in [2.24, 2.45) is 0 Å². The second-order valence-electron chi connectivity index (χ2n) is 12.2. The topological polar surface area (TPSA) is 153 Å². The van der Waals surface area contributed by atoms with Crippen LogP contribution in [0.2, 0.25) is 5.15 Å². The van der Waals surface area contributed by atoms with Crippen LogP contribution in [0.4, 0.5) is 27.6 Å². The first kappa shape index (κ1) is 34.5. The first-order chi connectivity index (χ1) is 24.3. The van der Waals surface area contributed by atoms with Crippen molar-refractivity contribution < 1.29 is 46.1 Å².